The van der Waals surface area contributed by atoms with Crippen LogP contribution in [0.2, 0.25) is 0 Å². The summed E-state index contributed by atoms with van der Waals surface area (Å²) in [5, 5.41) is 27.5. The molecular weight excluding hydrogens is 326 g/mol. The molecule has 2 rings (SSSR count). The summed E-state index contributed by atoms with van der Waals surface area (Å²) in [5.74, 6) is -1.15. The number of rotatable bonds is 5. The molecule has 4 N–H and O–H groups in total. The fraction of sp³-hybridized carbons (Fsp3) is 0. The Hall–Kier alpha value is -2.98. The minimum Gasteiger partial charge on any atom is -0.478 e. The monoisotopic (exact) mass is 337 g/mol. The number of nitro groups is 1. The number of non-ortho nitro benzene ring substituents is 1. The lowest BCUT2D eigenvalue weighted by Gasteiger charge is -2.11. The van der Waals surface area contributed by atoms with E-state index in [1.807, 2.05) is 0 Å². The second-order valence-corrected chi connectivity index (χ2v) is 6.02. The van der Waals surface area contributed by atoms with E-state index in [4.69, 9.17) is 10.2 Å². The van der Waals surface area contributed by atoms with E-state index in [0.717, 1.165) is 12.1 Å². The van der Waals surface area contributed by atoms with Gasteiger partial charge in [0, 0.05) is 17.8 Å². The summed E-state index contributed by atoms with van der Waals surface area (Å²) in [6.45, 7) is 0. The van der Waals surface area contributed by atoms with Gasteiger partial charge in [-0.2, -0.15) is 0 Å². The molecule has 2 aromatic carbocycles. The Morgan fingerprint density at radius 1 is 1.22 bits per heavy atom. The number of nitrogens with zero attached hydrogens (tertiary/aromatic N) is 1. The van der Waals surface area contributed by atoms with Gasteiger partial charge in [0.25, 0.3) is 5.69 Å². The first kappa shape index (κ1) is 16.4. The van der Waals surface area contributed by atoms with Crippen LogP contribution in [0.4, 0.5) is 17.1 Å². The first-order valence-corrected chi connectivity index (χ1v) is 7.65. The predicted molar refractivity (Wildman–Crippen MR) is 81.2 cm³/mol. The van der Waals surface area contributed by atoms with E-state index in [1.54, 1.807) is 0 Å². The third-order valence-electron chi connectivity index (χ3n) is 2.87. The highest BCUT2D eigenvalue weighted by Gasteiger charge is 2.19. The molecule has 9 nitrogen and oxygen atoms in total. The van der Waals surface area contributed by atoms with Crippen molar-refractivity contribution in [2.75, 3.05) is 5.32 Å². The molecule has 23 heavy (non-hydrogen) atoms. The van der Waals surface area contributed by atoms with Gasteiger partial charge in [-0.15, -0.1) is 0 Å². The fourth-order valence-electron chi connectivity index (χ4n) is 1.85. The van der Waals surface area contributed by atoms with Gasteiger partial charge in [-0.3, -0.25) is 10.1 Å². The van der Waals surface area contributed by atoms with Crippen molar-refractivity contribution in [3.8, 4) is 0 Å². The second-order valence-electron chi connectivity index (χ2n) is 4.49. The predicted octanol–water partition coefficient (Wildman–Crippen LogP) is 1.68. The molecule has 0 saturated carbocycles. The molecule has 0 fully saturated rings. The Morgan fingerprint density at radius 2 is 1.91 bits per heavy atom. The van der Waals surface area contributed by atoms with E-state index in [-0.39, 0.29) is 11.3 Å². The van der Waals surface area contributed by atoms with Crippen molar-refractivity contribution in [2.24, 2.45) is 5.14 Å². The molecule has 0 heterocycles. The van der Waals surface area contributed by atoms with Gasteiger partial charge in [-0.05, 0) is 24.3 Å². The lowest BCUT2D eigenvalue weighted by molar-refractivity contribution is -0.385. The van der Waals surface area contributed by atoms with Crippen LogP contribution < -0.4 is 10.5 Å². The quantitative estimate of drug-likeness (QED) is 0.554. The molecule has 0 spiro atoms. The van der Waals surface area contributed by atoms with Crippen molar-refractivity contribution >= 4 is 33.1 Å². The molecule has 0 aliphatic carbocycles. The van der Waals surface area contributed by atoms with Gasteiger partial charge in [0.1, 0.15) is 4.90 Å². The molecule has 0 unspecified atom stereocenters. The molecule has 0 atom stereocenters. The number of hydrogen-bond donors (Lipinski definition) is 3. The topological polar surface area (TPSA) is 153 Å². The summed E-state index contributed by atoms with van der Waals surface area (Å²) in [6, 6.07) is 8.76. The van der Waals surface area contributed by atoms with E-state index in [9.17, 15) is 23.3 Å². The summed E-state index contributed by atoms with van der Waals surface area (Å²) in [7, 11) is -4.22. The van der Waals surface area contributed by atoms with Crippen LogP contribution in [0, 0.1) is 10.1 Å². The Morgan fingerprint density at radius 3 is 2.48 bits per heavy atom. The summed E-state index contributed by atoms with van der Waals surface area (Å²) in [5.41, 5.74) is -0.141. The van der Waals surface area contributed by atoms with Crippen molar-refractivity contribution in [3.05, 3.63) is 58.1 Å². The van der Waals surface area contributed by atoms with Crippen LogP contribution in [0.15, 0.2) is 47.4 Å². The highest BCUT2D eigenvalue weighted by atomic mass is 32.2. The zero-order valence-corrected chi connectivity index (χ0v) is 12.3. The molecule has 10 heteroatoms. The van der Waals surface area contributed by atoms with Crippen LogP contribution >= 0.6 is 0 Å². The molecule has 0 aromatic heterocycles. The van der Waals surface area contributed by atoms with Crippen molar-refractivity contribution < 1.29 is 23.2 Å². The van der Waals surface area contributed by atoms with E-state index >= 15 is 0 Å². The number of nitrogens with one attached hydrogen (secondary N) is 1. The van der Waals surface area contributed by atoms with E-state index in [1.165, 1.54) is 30.3 Å². The summed E-state index contributed by atoms with van der Waals surface area (Å²) in [4.78, 5) is 20.5. The van der Waals surface area contributed by atoms with E-state index in [0.29, 0.717) is 5.69 Å². The van der Waals surface area contributed by atoms with Gasteiger partial charge in [0.15, 0.2) is 0 Å². The lowest BCUT2D eigenvalue weighted by atomic mass is 10.2. The molecule has 120 valence electrons. The number of nitrogens with two attached hydrogens (primary N) is 1. The Kier molecular flexibility index (Phi) is 4.29. The van der Waals surface area contributed by atoms with Gasteiger partial charge in [-0.1, -0.05) is 6.07 Å². The third kappa shape index (κ3) is 3.81. The molecule has 2 aromatic rings. The molecule has 0 bridgehead atoms. The van der Waals surface area contributed by atoms with Crippen LogP contribution in [0.1, 0.15) is 10.4 Å². The smallest absolute Gasteiger partial charge is 0.335 e. The van der Waals surface area contributed by atoms with Crippen molar-refractivity contribution in [1.82, 2.24) is 0 Å². The first-order valence-electron chi connectivity index (χ1n) is 6.10. The van der Waals surface area contributed by atoms with E-state index < -0.39 is 31.5 Å². The fourth-order valence-corrected chi connectivity index (χ4v) is 2.56. The number of hydrogen-bond acceptors (Lipinski definition) is 6. The minimum atomic E-state index is -4.22. The van der Waals surface area contributed by atoms with Gasteiger partial charge in [-0.25, -0.2) is 18.4 Å². The van der Waals surface area contributed by atoms with Gasteiger partial charge in [0.2, 0.25) is 10.0 Å². The lowest BCUT2D eigenvalue weighted by Crippen LogP contribution is -2.14. The van der Waals surface area contributed by atoms with Gasteiger partial charge in [0.05, 0.1) is 16.2 Å². The number of anilines is 2. The highest BCUT2D eigenvalue weighted by Crippen LogP contribution is 2.28. The highest BCUT2D eigenvalue weighted by molar-refractivity contribution is 7.89. The van der Waals surface area contributed by atoms with Crippen LogP contribution in [0.3, 0.4) is 0 Å². The molecule has 0 aliphatic rings. The Balaban J connectivity index is 2.49. The summed E-state index contributed by atoms with van der Waals surface area (Å²) >= 11 is 0. The maximum absolute atomic E-state index is 11.6. The molecular formula is C13H11N3O6S. The second kappa shape index (κ2) is 6.02. The average molecular weight is 337 g/mol. The molecule has 0 aliphatic heterocycles. The largest absolute Gasteiger partial charge is 0.478 e. The SMILES string of the molecule is NS(=O)(=O)c1cc([N+](=O)[O-])ccc1Nc1cccc(C(=O)O)c1. The van der Waals surface area contributed by atoms with Gasteiger partial charge >= 0.3 is 5.97 Å². The summed E-state index contributed by atoms with van der Waals surface area (Å²) < 4.78 is 23.2. The number of nitro benzene ring substituents is 1. The zero-order chi connectivity index (χ0) is 17.2. The summed E-state index contributed by atoms with van der Waals surface area (Å²) in [6.07, 6.45) is 0. The molecule has 0 saturated heterocycles. The van der Waals surface area contributed by atoms with Crippen LogP contribution in [-0.2, 0) is 10.0 Å². The number of carbonyl (C=O) groups is 1. The maximum atomic E-state index is 11.6. The Bertz CT molecular complexity index is 894. The third-order valence-corrected chi connectivity index (χ3v) is 3.82. The first-order chi connectivity index (χ1) is 10.7. The van der Waals surface area contributed by atoms with Crippen LogP contribution in [0.25, 0.3) is 0 Å². The van der Waals surface area contributed by atoms with Crippen molar-refractivity contribution in [1.29, 1.82) is 0 Å². The van der Waals surface area contributed by atoms with Gasteiger partial charge < -0.3 is 10.4 Å². The molecule has 0 amide bonds. The van der Waals surface area contributed by atoms with Crippen LogP contribution in [0.5, 0.6) is 0 Å². The number of carboxylic acids is 1. The number of benzene rings is 2. The number of sulfonamides is 1. The average Bonchev–Trinajstić information content (AvgIpc) is 2.46. The maximum Gasteiger partial charge on any atom is 0.335 e. The van der Waals surface area contributed by atoms with Crippen molar-refractivity contribution in [2.45, 2.75) is 4.90 Å². The van der Waals surface area contributed by atoms with Crippen LogP contribution in [-0.4, -0.2) is 24.4 Å². The zero-order valence-electron chi connectivity index (χ0n) is 11.5. The molecule has 0 radical (unpaired) electrons. The normalized spacial score (nSPS) is 11.0. The van der Waals surface area contributed by atoms with Crippen molar-refractivity contribution in [3.63, 3.8) is 0 Å². The number of primary sulfonamides is 1. The number of carboxylic acid groups (broad SMARTS) is 1. The minimum absolute atomic E-state index is 0.000591. The number of aromatic carboxylic acids is 1. The van der Waals surface area contributed by atoms with E-state index in [2.05, 4.69) is 5.32 Å². The standard InChI is InChI=1S/C13H11N3O6S/c14-23(21,22)12-7-10(16(19)20)4-5-11(12)15-9-3-1-2-8(6-9)13(17)18/h1-7,15H,(H,17,18)(H2,14,21,22). The Labute approximate surface area is 130 Å².